The van der Waals surface area contributed by atoms with Crippen molar-refractivity contribution in [3.05, 3.63) is 34.9 Å². The number of hydrogen-bond acceptors (Lipinski definition) is 2. The summed E-state index contributed by atoms with van der Waals surface area (Å²) in [7, 11) is 0. The second-order valence-electron chi connectivity index (χ2n) is 4.98. The van der Waals surface area contributed by atoms with Crippen LogP contribution in [0.2, 0.25) is 5.02 Å². The van der Waals surface area contributed by atoms with E-state index in [2.05, 4.69) is 24.4 Å². The van der Waals surface area contributed by atoms with Crippen LogP contribution in [-0.4, -0.2) is 18.3 Å². The minimum Gasteiger partial charge on any atom is -0.396 e. The Labute approximate surface area is 122 Å². The summed E-state index contributed by atoms with van der Waals surface area (Å²) in [4.78, 5) is 0. The summed E-state index contributed by atoms with van der Waals surface area (Å²) in [5.41, 5.74) is 1.32. The van der Waals surface area contributed by atoms with Crippen LogP contribution < -0.4 is 5.32 Å². The monoisotopic (exact) mass is 283 g/mol. The van der Waals surface area contributed by atoms with Crippen molar-refractivity contribution >= 4 is 11.6 Å². The number of hydrogen-bond donors (Lipinski definition) is 2. The maximum atomic E-state index is 8.73. The minimum atomic E-state index is 0.316. The number of halogens is 1. The molecule has 2 nitrogen and oxygen atoms in total. The van der Waals surface area contributed by atoms with Crippen molar-refractivity contribution in [3.8, 4) is 0 Å². The molecule has 0 aliphatic rings. The van der Waals surface area contributed by atoms with Gasteiger partial charge in [-0.1, -0.05) is 49.9 Å². The molecule has 0 heterocycles. The highest BCUT2D eigenvalue weighted by atomic mass is 35.5. The standard InChI is InChI=1S/C16H26ClNO/c1-2-7-16(14-8-10-15(17)11-9-14)18-12-5-3-4-6-13-19/h8-11,16,18-19H,2-7,12-13H2,1H3. The van der Waals surface area contributed by atoms with Gasteiger partial charge in [0.25, 0.3) is 0 Å². The maximum Gasteiger partial charge on any atom is 0.0431 e. The summed E-state index contributed by atoms with van der Waals surface area (Å²) in [6.45, 7) is 3.57. The van der Waals surface area contributed by atoms with Gasteiger partial charge in [-0.25, -0.2) is 0 Å². The molecule has 3 heteroatoms. The van der Waals surface area contributed by atoms with Crippen LogP contribution in [0.4, 0.5) is 0 Å². The van der Waals surface area contributed by atoms with Crippen LogP contribution in [0.3, 0.4) is 0 Å². The molecule has 0 aromatic heterocycles. The van der Waals surface area contributed by atoms with E-state index in [1.807, 2.05) is 12.1 Å². The van der Waals surface area contributed by atoms with Crippen LogP contribution in [0.1, 0.15) is 57.1 Å². The lowest BCUT2D eigenvalue weighted by atomic mass is 10.0. The summed E-state index contributed by atoms with van der Waals surface area (Å²) < 4.78 is 0. The van der Waals surface area contributed by atoms with Crippen molar-refractivity contribution in [2.75, 3.05) is 13.2 Å². The van der Waals surface area contributed by atoms with Gasteiger partial charge in [0.05, 0.1) is 0 Å². The molecule has 0 radical (unpaired) electrons. The average molecular weight is 284 g/mol. The molecule has 1 unspecified atom stereocenters. The third-order valence-corrected chi connectivity index (χ3v) is 3.58. The zero-order chi connectivity index (χ0) is 13.9. The van der Waals surface area contributed by atoms with Crippen LogP contribution in [0.25, 0.3) is 0 Å². The Morgan fingerprint density at radius 2 is 1.79 bits per heavy atom. The van der Waals surface area contributed by atoms with Crippen LogP contribution in [0.5, 0.6) is 0 Å². The van der Waals surface area contributed by atoms with Gasteiger partial charge in [-0.3, -0.25) is 0 Å². The largest absolute Gasteiger partial charge is 0.396 e. The van der Waals surface area contributed by atoms with E-state index in [0.717, 1.165) is 30.8 Å². The topological polar surface area (TPSA) is 32.3 Å². The van der Waals surface area contributed by atoms with Gasteiger partial charge in [0.15, 0.2) is 0 Å². The first-order valence-corrected chi connectivity index (χ1v) is 7.75. The molecule has 0 bridgehead atoms. The Bertz CT molecular complexity index is 326. The van der Waals surface area contributed by atoms with Crippen LogP contribution >= 0.6 is 11.6 Å². The third-order valence-electron chi connectivity index (χ3n) is 3.33. The summed E-state index contributed by atoms with van der Waals surface area (Å²) >= 11 is 5.93. The molecule has 0 fully saturated rings. The predicted molar refractivity (Wildman–Crippen MR) is 82.7 cm³/mol. The van der Waals surface area contributed by atoms with Crippen molar-refractivity contribution in [1.29, 1.82) is 0 Å². The molecule has 1 aromatic carbocycles. The summed E-state index contributed by atoms with van der Waals surface area (Å²) in [6.07, 6.45) is 6.73. The molecular weight excluding hydrogens is 258 g/mol. The normalized spacial score (nSPS) is 12.6. The first-order valence-electron chi connectivity index (χ1n) is 7.37. The van der Waals surface area contributed by atoms with E-state index >= 15 is 0 Å². The molecule has 19 heavy (non-hydrogen) atoms. The molecule has 0 amide bonds. The van der Waals surface area contributed by atoms with Crippen LogP contribution in [-0.2, 0) is 0 Å². The second kappa shape index (κ2) is 10.2. The van der Waals surface area contributed by atoms with Gasteiger partial charge < -0.3 is 10.4 Å². The first-order chi connectivity index (χ1) is 9.27. The van der Waals surface area contributed by atoms with E-state index in [9.17, 15) is 0 Å². The molecular formula is C16H26ClNO. The number of benzene rings is 1. The number of aliphatic hydroxyl groups is 1. The first kappa shape index (κ1) is 16.5. The molecule has 0 saturated heterocycles. The molecule has 108 valence electrons. The van der Waals surface area contributed by atoms with Gasteiger partial charge in [-0.05, 0) is 43.5 Å². The highest BCUT2D eigenvalue weighted by Crippen LogP contribution is 2.20. The number of nitrogens with one attached hydrogen (secondary N) is 1. The SMILES string of the molecule is CCCC(NCCCCCCO)c1ccc(Cl)cc1. The maximum absolute atomic E-state index is 8.73. The van der Waals surface area contributed by atoms with Gasteiger partial charge in [0, 0.05) is 17.7 Å². The summed E-state index contributed by atoms with van der Waals surface area (Å²) in [5, 5.41) is 13.1. The second-order valence-corrected chi connectivity index (χ2v) is 5.42. The number of unbranched alkanes of at least 4 members (excludes halogenated alkanes) is 3. The Morgan fingerprint density at radius 3 is 2.42 bits per heavy atom. The van der Waals surface area contributed by atoms with E-state index in [0.29, 0.717) is 12.6 Å². The summed E-state index contributed by atoms with van der Waals surface area (Å²) in [6, 6.07) is 8.58. The van der Waals surface area contributed by atoms with E-state index in [1.54, 1.807) is 0 Å². The van der Waals surface area contributed by atoms with Crippen LogP contribution in [0.15, 0.2) is 24.3 Å². The van der Waals surface area contributed by atoms with Crippen molar-refractivity contribution in [1.82, 2.24) is 5.32 Å². The van der Waals surface area contributed by atoms with Crippen LogP contribution in [0, 0.1) is 0 Å². The minimum absolute atomic E-state index is 0.316. The molecule has 0 aliphatic heterocycles. The third kappa shape index (κ3) is 6.95. The fourth-order valence-corrected chi connectivity index (χ4v) is 2.36. The number of rotatable bonds is 10. The quantitative estimate of drug-likeness (QED) is 0.627. The van der Waals surface area contributed by atoms with Crippen molar-refractivity contribution < 1.29 is 5.11 Å². The fourth-order valence-electron chi connectivity index (χ4n) is 2.24. The molecule has 1 atom stereocenters. The van der Waals surface area contributed by atoms with Gasteiger partial charge >= 0.3 is 0 Å². The Balaban J connectivity index is 2.34. The van der Waals surface area contributed by atoms with Crippen molar-refractivity contribution in [3.63, 3.8) is 0 Å². The zero-order valence-corrected chi connectivity index (χ0v) is 12.6. The Kier molecular flexibility index (Phi) is 8.89. The Morgan fingerprint density at radius 1 is 1.11 bits per heavy atom. The highest BCUT2D eigenvalue weighted by Gasteiger charge is 2.09. The smallest absolute Gasteiger partial charge is 0.0431 e. The lowest BCUT2D eigenvalue weighted by Gasteiger charge is -2.18. The van der Waals surface area contributed by atoms with Gasteiger partial charge in [0.1, 0.15) is 0 Å². The Hall–Kier alpha value is -0.570. The predicted octanol–water partition coefficient (Wildman–Crippen LogP) is 4.32. The molecule has 0 aliphatic carbocycles. The molecule has 0 spiro atoms. The highest BCUT2D eigenvalue weighted by molar-refractivity contribution is 6.30. The van der Waals surface area contributed by atoms with Gasteiger partial charge in [-0.15, -0.1) is 0 Å². The average Bonchev–Trinajstić information content (AvgIpc) is 2.42. The van der Waals surface area contributed by atoms with E-state index in [-0.39, 0.29) is 0 Å². The van der Waals surface area contributed by atoms with E-state index in [1.165, 1.54) is 24.8 Å². The zero-order valence-electron chi connectivity index (χ0n) is 11.9. The van der Waals surface area contributed by atoms with E-state index in [4.69, 9.17) is 16.7 Å². The molecule has 1 rings (SSSR count). The van der Waals surface area contributed by atoms with E-state index < -0.39 is 0 Å². The van der Waals surface area contributed by atoms with Crippen molar-refractivity contribution in [2.45, 2.75) is 51.5 Å². The molecule has 0 saturated carbocycles. The van der Waals surface area contributed by atoms with Gasteiger partial charge in [0.2, 0.25) is 0 Å². The van der Waals surface area contributed by atoms with Gasteiger partial charge in [-0.2, -0.15) is 0 Å². The van der Waals surface area contributed by atoms with Crippen molar-refractivity contribution in [2.24, 2.45) is 0 Å². The summed E-state index contributed by atoms with van der Waals surface area (Å²) in [5.74, 6) is 0. The fraction of sp³-hybridized carbons (Fsp3) is 0.625. The lowest BCUT2D eigenvalue weighted by molar-refractivity contribution is 0.282. The molecule has 2 N–H and O–H groups in total. The number of aliphatic hydroxyl groups excluding tert-OH is 1. The molecule has 1 aromatic rings. The lowest BCUT2D eigenvalue weighted by Crippen LogP contribution is -2.22.